The first kappa shape index (κ1) is 14.5. The van der Waals surface area contributed by atoms with Crippen molar-refractivity contribution in [2.24, 2.45) is 5.92 Å². The highest BCUT2D eigenvalue weighted by atomic mass is 16.5. The van der Waals surface area contributed by atoms with Gasteiger partial charge >= 0.3 is 0 Å². The predicted molar refractivity (Wildman–Crippen MR) is 83.6 cm³/mol. The molecule has 0 aliphatic carbocycles. The number of ether oxygens (including phenoxy) is 1. The Morgan fingerprint density at radius 3 is 2.67 bits per heavy atom. The molecule has 4 heteroatoms. The number of oxazole rings is 1. The molecule has 21 heavy (non-hydrogen) atoms. The van der Waals surface area contributed by atoms with E-state index in [0.717, 1.165) is 42.3 Å². The molecule has 1 saturated heterocycles. The molecule has 114 valence electrons. The molecule has 0 radical (unpaired) electrons. The number of aryl methyl sites for hydroxylation is 1. The van der Waals surface area contributed by atoms with E-state index in [9.17, 15) is 0 Å². The summed E-state index contributed by atoms with van der Waals surface area (Å²) in [7, 11) is 0. The Bertz CT molecular complexity index is 629. The maximum atomic E-state index is 5.87. The third-order valence-corrected chi connectivity index (χ3v) is 4.13. The van der Waals surface area contributed by atoms with Crippen molar-refractivity contribution < 1.29 is 9.15 Å². The van der Waals surface area contributed by atoms with E-state index in [4.69, 9.17) is 9.15 Å². The lowest BCUT2D eigenvalue weighted by Gasteiger charge is -2.27. The van der Waals surface area contributed by atoms with Crippen molar-refractivity contribution >= 4 is 11.1 Å². The van der Waals surface area contributed by atoms with Gasteiger partial charge in [-0.15, -0.1) is 0 Å². The van der Waals surface area contributed by atoms with Gasteiger partial charge in [0.15, 0.2) is 11.5 Å². The van der Waals surface area contributed by atoms with Gasteiger partial charge in [-0.1, -0.05) is 19.9 Å². The maximum absolute atomic E-state index is 5.87. The largest absolute Gasteiger partial charge is 0.440 e. The minimum Gasteiger partial charge on any atom is -0.440 e. The molecule has 2 aromatic rings. The van der Waals surface area contributed by atoms with E-state index in [1.807, 2.05) is 0 Å². The maximum Gasteiger partial charge on any atom is 0.198 e. The fourth-order valence-corrected chi connectivity index (χ4v) is 2.61. The molecule has 0 spiro atoms. The van der Waals surface area contributed by atoms with E-state index in [2.05, 4.69) is 50.1 Å². The van der Waals surface area contributed by atoms with Crippen molar-refractivity contribution in [3.05, 3.63) is 29.2 Å². The number of fused-ring (bicyclic) bond motifs is 1. The molecule has 1 fully saturated rings. The normalized spacial score (nSPS) is 17.4. The summed E-state index contributed by atoms with van der Waals surface area (Å²) < 4.78 is 11.1. The van der Waals surface area contributed by atoms with Gasteiger partial charge < -0.3 is 14.5 Å². The van der Waals surface area contributed by atoms with Crippen LogP contribution in [0.3, 0.4) is 0 Å². The van der Waals surface area contributed by atoms with E-state index < -0.39 is 0 Å². The van der Waals surface area contributed by atoms with Crippen LogP contribution in [0.4, 0.5) is 0 Å². The molecule has 1 aliphatic heterocycles. The van der Waals surface area contributed by atoms with Gasteiger partial charge in [-0.3, -0.25) is 0 Å². The van der Waals surface area contributed by atoms with Crippen LogP contribution in [0.1, 0.15) is 49.7 Å². The average molecular weight is 288 g/mol. The minimum atomic E-state index is 0.313. The smallest absolute Gasteiger partial charge is 0.198 e. The second kappa shape index (κ2) is 5.78. The predicted octanol–water partition coefficient (Wildman–Crippen LogP) is 3.56. The van der Waals surface area contributed by atoms with Gasteiger partial charge in [0.05, 0.1) is 13.2 Å². The van der Waals surface area contributed by atoms with E-state index in [1.165, 1.54) is 5.56 Å². The second-order valence-electron chi connectivity index (χ2n) is 6.43. The van der Waals surface area contributed by atoms with Crippen molar-refractivity contribution in [1.29, 1.82) is 0 Å². The SMILES string of the molecule is Cc1cc([C@H](C)NCC2COC2)cc2nc(C(C)C)oc12. The molecule has 1 N–H and O–H groups in total. The van der Waals surface area contributed by atoms with Gasteiger partial charge in [-0.25, -0.2) is 4.98 Å². The van der Waals surface area contributed by atoms with Gasteiger partial charge in [0.2, 0.25) is 0 Å². The third kappa shape index (κ3) is 2.97. The summed E-state index contributed by atoms with van der Waals surface area (Å²) in [5.41, 5.74) is 4.31. The molecule has 0 amide bonds. The highest BCUT2D eigenvalue weighted by Gasteiger charge is 2.20. The summed E-state index contributed by atoms with van der Waals surface area (Å²) in [4.78, 5) is 4.62. The molecular weight excluding hydrogens is 264 g/mol. The standard InChI is InChI=1S/C17H24N2O2/c1-10(2)17-19-15-6-14(5-11(3)16(15)21-17)12(4)18-7-13-8-20-9-13/h5-6,10,12-13,18H,7-9H2,1-4H3/t12-/m0/s1. The molecule has 0 bridgehead atoms. The van der Waals surface area contributed by atoms with Crippen molar-refractivity contribution in [2.75, 3.05) is 19.8 Å². The number of hydrogen-bond donors (Lipinski definition) is 1. The van der Waals surface area contributed by atoms with Gasteiger partial charge in [0.25, 0.3) is 0 Å². The molecule has 4 nitrogen and oxygen atoms in total. The monoisotopic (exact) mass is 288 g/mol. The Labute approximate surface area is 125 Å². The molecular formula is C17H24N2O2. The Hall–Kier alpha value is -1.39. The summed E-state index contributed by atoms with van der Waals surface area (Å²) in [6, 6.07) is 4.66. The summed E-state index contributed by atoms with van der Waals surface area (Å²) >= 11 is 0. The van der Waals surface area contributed by atoms with Crippen LogP contribution in [0.5, 0.6) is 0 Å². The number of nitrogens with one attached hydrogen (secondary N) is 1. The zero-order valence-corrected chi connectivity index (χ0v) is 13.3. The lowest BCUT2D eigenvalue weighted by molar-refractivity contribution is -0.0315. The van der Waals surface area contributed by atoms with E-state index in [1.54, 1.807) is 0 Å². The van der Waals surface area contributed by atoms with Crippen LogP contribution < -0.4 is 5.32 Å². The molecule has 1 aromatic carbocycles. The Morgan fingerprint density at radius 1 is 1.29 bits per heavy atom. The number of benzene rings is 1. The first-order chi connectivity index (χ1) is 10.0. The quantitative estimate of drug-likeness (QED) is 0.914. The Balaban J connectivity index is 1.81. The molecule has 1 atom stereocenters. The van der Waals surface area contributed by atoms with E-state index >= 15 is 0 Å². The summed E-state index contributed by atoms with van der Waals surface area (Å²) in [5, 5.41) is 3.58. The highest BCUT2D eigenvalue weighted by molar-refractivity contribution is 5.77. The van der Waals surface area contributed by atoms with Gasteiger partial charge in [0.1, 0.15) is 5.52 Å². The summed E-state index contributed by atoms with van der Waals surface area (Å²) in [6.45, 7) is 11.3. The number of nitrogens with zero attached hydrogens (tertiary/aromatic N) is 1. The van der Waals surface area contributed by atoms with Crippen LogP contribution in [-0.4, -0.2) is 24.7 Å². The Morgan fingerprint density at radius 2 is 2.05 bits per heavy atom. The first-order valence-corrected chi connectivity index (χ1v) is 7.76. The second-order valence-corrected chi connectivity index (χ2v) is 6.43. The summed E-state index contributed by atoms with van der Waals surface area (Å²) in [5.74, 6) is 1.80. The number of aromatic nitrogens is 1. The van der Waals surface area contributed by atoms with Crippen LogP contribution in [0.25, 0.3) is 11.1 Å². The van der Waals surface area contributed by atoms with Crippen molar-refractivity contribution in [3.63, 3.8) is 0 Å². The van der Waals surface area contributed by atoms with Gasteiger partial charge in [-0.2, -0.15) is 0 Å². The first-order valence-electron chi connectivity index (χ1n) is 7.76. The molecule has 1 aromatic heterocycles. The van der Waals surface area contributed by atoms with Crippen molar-refractivity contribution in [2.45, 2.75) is 39.7 Å². The van der Waals surface area contributed by atoms with Crippen LogP contribution in [0, 0.1) is 12.8 Å². The van der Waals surface area contributed by atoms with E-state index in [0.29, 0.717) is 17.9 Å². The minimum absolute atomic E-state index is 0.313. The van der Waals surface area contributed by atoms with Crippen LogP contribution in [-0.2, 0) is 4.74 Å². The fourth-order valence-electron chi connectivity index (χ4n) is 2.61. The van der Waals surface area contributed by atoms with Crippen LogP contribution in [0.15, 0.2) is 16.5 Å². The zero-order chi connectivity index (χ0) is 15.0. The Kier molecular flexibility index (Phi) is 4.00. The number of hydrogen-bond acceptors (Lipinski definition) is 4. The molecule has 3 rings (SSSR count). The molecule has 1 aliphatic rings. The van der Waals surface area contributed by atoms with Gasteiger partial charge in [0, 0.05) is 24.4 Å². The molecule has 2 heterocycles. The zero-order valence-electron chi connectivity index (χ0n) is 13.3. The lowest BCUT2D eigenvalue weighted by atomic mass is 10.0. The average Bonchev–Trinajstić information content (AvgIpc) is 2.81. The van der Waals surface area contributed by atoms with Gasteiger partial charge in [-0.05, 0) is 31.0 Å². The fraction of sp³-hybridized carbons (Fsp3) is 0.588. The highest BCUT2D eigenvalue weighted by Crippen LogP contribution is 2.27. The molecule has 0 saturated carbocycles. The topological polar surface area (TPSA) is 47.3 Å². The van der Waals surface area contributed by atoms with Crippen LogP contribution in [0.2, 0.25) is 0 Å². The van der Waals surface area contributed by atoms with Crippen LogP contribution >= 0.6 is 0 Å². The van der Waals surface area contributed by atoms with E-state index in [-0.39, 0.29) is 0 Å². The molecule has 0 unspecified atom stereocenters. The van der Waals surface area contributed by atoms with Crippen molar-refractivity contribution in [1.82, 2.24) is 10.3 Å². The number of rotatable bonds is 5. The summed E-state index contributed by atoms with van der Waals surface area (Å²) in [6.07, 6.45) is 0. The van der Waals surface area contributed by atoms with Crippen molar-refractivity contribution in [3.8, 4) is 0 Å². The lowest BCUT2D eigenvalue weighted by Crippen LogP contribution is -2.37. The third-order valence-electron chi connectivity index (χ3n) is 4.13.